The van der Waals surface area contributed by atoms with Crippen LogP contribution in [0.5, 0.6) is 0 Å². The van der Waals surface area contributed by atoms with Crippen LogP contribution in [-0.2, 0) is 0 Å². The van der Waals surface area contributed by atoms with Crippen LogP contribution in [0.25, 0.3) is 109 Å². The normalized spacial score (nSPS) is 12.0. The molecule has 272 valence electrons. The zero-order valence-electron chi connectivity index (χ0n) is 31.6. The second-order valence-electron chi connectivity index (χ2n) is 14.6. The fourth-order valence-electron chi connectivity index (χ4n) is 8.73. The van der Waals surface area contributed by atoms with E-state index in [1.54, 1.807) is 0 Å². The predicted octanol–water partition coefficient (Wildman–Crippen LogP) is 15.0. The maximum Gasteiger partial charge on any atom is 0.160 e. The number of nitrogens with zero attached hydrogens (tertiary/aromatic N) is 3. The van der Waals surface area contributed by atoms with Crippen LogP contribution in [0.4, 0.5) is 0 Å². The van der Waals surface area contributed by atoms with E-state index in [4.69, 9.17) is 9.97 Å². The third-order valence-electron chi connectivity index (χ3n) is 11.3. The van der Waals surface area contributed by atoms with Gasteiger partial charge in [0.1, 0.15) is 0 Å². The van der Waals surface area contributed by atoms with Gasteiger partial charge in [-0.25, -0.2) is 9.97 Å². The molecular weight excluding hydrogens is 723 g/mol. The Bertz CT molecular complexity index is 3490. The van der Waals surface area contributed by atoms with Crippen molar-refractivity contribution in [2.75, 3.05) is 0 Å². The summed E-state index contributed by atoms with van der Waals surface area (Å²) in [6, 6.07) is 60.7. The number of hydrogen-bond donors (Lipinski definition) is 0. The lowest BCUT2D eigenvalue weighted by molar-refractivity contribution is 1.18. The van der Waals surface area contributed by atoms with Crippen LogP contribution in [0, 0.1) is 0 Å². The van der Waals surface area contributed by atoms with Gasteiger partial charge in [0, 0.05) is 58.5 Å². The zero-order chi connectivity index (χ0) is 38.7. The van der Waals surface area contributed by atoms with Gasteiger partial charge in [0.2, 0.25) is 0 Å². The van der Waals surface area contributed by atoms with Gasteiger partial charge >= 0.3 is 0 Å². The molecule has 0 N–H and O–H groups in total. The van der Waals surface area contributed by atoms with E-state index in [-0.39, 0.29) is 0 Å². The smallest absolute Gasteiger partial charge is 0.160 e. The molecule has 3 heterocycles. The van der Waals surface area contributed by atoms with Gasteiger partial charge in [0.25, 0.3) is 0 Å². The monoisotopic (exact) mass is 757 g/mol. The standard InChI is InChI=1S/C54H35N3S/c1-3-17-34(4-2)37-30-38(35-18-6-5-7-19-35)32-39(31-37)51-43-24-10-13-27-46(43)55-54(56-51)36-20-16-21-40(33-36)57-47-28-14-11-25-44(47)49-41-22-8-9-23-42(41)53-50(52(49)57)45-26-12-15-29-48(45)58-53/h3-33H,1-2H2/b34-17+. The molecule has 0 saturated carbocycles. The van der Waals surface area contributed by atoms with E-state index in [0.717, 1.165) is 55.7 Å². The number of rotatable bonds is 7. The van der Waals surface area contributed by atoms with Crippen LogP contribution in [0.1, 0.15) is 5.56 Å². The molecule has 0 aliphatic heterocycles. The summed E-state index contributed by atoms with van der Waals surface area (Å²) >= 11 is 1.88. The van der Waals surface area contributed by atoms with Gasteiger partial charge in [-0.3, -0.25) is 0 Å². The maximum absolute atomic E-state index is 5.43. The van der Waals surface area contributed by atoms with Gasteiger partial charge < -0.3 is 4.57 Å². The molecule has 0 saturated heterocycles. The highest BCUT2D eigenvalue weighted by Crippen LogP contribution is 2.48. The summed E-state index contributed by atoms with van der Waals surface area (Å²) in [6.45, 7) is 8.10. The van der Waals surface area contributed by atoms with E-state index in [0.29, 0.717) is 5.82 Å². The van der Waals surface area contributed by atoms with Crippen LogP contribution in [0.2, 0.25) is 0 Å². The van der Waals surface area contributed by atoms with Gasteiger partial charge in [-0.1, -0.05) is 153 Å². The minimum absolute atomic E-state index is 0.671. The number of thiophene rings is 1. The number of para-hydroxylation sites is 2. The molecule has 11 aromatic rings. The van der Waals surface area contributed by atoms with E-state index in [1.807, 2.05) is 41.7 Å². The fourth-order valence-corrected chi connectivity index (χ4v) is 9.98. The lowest BCUT2D eigenvalue weighted by atomic mass is 9.93. The summed E-state index contributed by atoms with van der Waals surface area (Å²) in [4.78, 5) is 10.7. The molecule has 11 rings (SSSR count). The Morgan fingerprint density at radius 2 is 1.22 bits per heavy atom. The molecule has 0 fully saturated rings. The summed E-state index contributed by atoms with van der Waals surface area (Å²) in [5, 5.41) is 8.63. The molecule has 4 heteroatoms. The topological polar surface area (TPSA) is 30.7 Å². The molecule has 8 aromatic carbocycles. The van der Waals surface area contributed by atoms with Crippen molar-refractivity contribution in [1.82, 2.24) is 14.5 Å². The predicted molar refractivity (Wildman–Crippen MR) is 249 cm³/mol. The SMILES string of the molecule is C=C/C=C(\C=C)c1cc(-c2ccccc2)cc(-c2nc(-c3cccc(-n4c5ccccc5c5c6ccccc6c6sc7ccccc7c6c54)c3)nc3ccccc23)c1. The molecular formula is C54H35N3S. The van der Waals surface area contributed by atoms with Gasteiger partial charge in [-0.05, 0) is 76.2 Å². The van der Waals surface area contributed by atoms with Crippen molar-refractivity contribution >= 4 is 80.6 Å². The first-order valence-corrected chi connectivity index (χ1v) is 20.3. The minimum atomic E-state index is 0.671. The largest absolute Gasteiger partial charge is 0.309 e. The lowest BCUT2D eigenvalue weighted by Gasteiger charge is -2.15. The Kier molecular flexibility index (Phi) is 7.98. The van der Waals surface area contributed by atoms with Crippen LogP contribution >= 0.6 is 11.3 Å². The fraction of sp³-hybridized carbons (Fsp3) is 0. The number of fused-ring (bicyclic) bond motifs is 11. The lowest BCUT2D eigenvalue weighted by Crippen LogP contribution is -1.98. The molecule has 0 bridgehead atoms. The second kappa shape index (κ2) is 13.7. The van der Waals surface area contributed by atoms with Crippen molar-refractivity contribution in [2.45, 2.75) is 0 Å². The minimum Gasteiger partial charge on any atom is -0.309 e. The highest BCUT2D eigenvalue weighted by Gasteiger charge is 2.22. The average molecular weight is 758 g/mol. The molecule has 3 nitrogen and oxygen atoms in total. The summed E-state index contributed by atoms with van der Waals surface area (Å²) in [5.74, 6) is 0.671. The Balaban J connectivity index is 1.17. The highest BCUT2D eigenvalue weighted by atomic mass is 32.1. The van der Waals surface area contributed by atoms with Gasteiger partial charge in [0.05, 0.1) is 22.2 Å². The number of benzene rings is 8. The van der Waals surface area contributed by atoms with E-state index < -0.39 is 0 Å². The van der Waals surface area contributed by atoms with E-state index in [9.17, 15) is 0 Å². The summed E-state index contributed by atoms with van der Waals surface area (Å²) in [6.07, 6.45) is 5.69. The maximum atomic E-state index is 5.43. The third-order valence-corrected chi connectivity index (χ3v) is 12.5. The Labute approximate surface area is 339 Å². The summed E-state index contributed by atoms with van der Waals surface area (Å²) in [5.41, 5.74) is 11.4. The number of allylic oxidation sites excluding steroid dienone is 4. The molecule has 0 atom stereocenters. The molecule has 0 amide bonds. The van der Waals surface area contributed by atoms with E-state index >= 15 is 0 Å². The zero-order valence-corrected chi connectivity index (χ0v) is 32.4. The molecule has 0 unspecified atom stereocenters. The quantitative estimate of drug-likeness (QED) is 0.152. The van der Waals surface area contributed by atoms with Crippen molar-refractivity contribution in [3.05, 3.63) is 207 Å². The Morgan fingerprint density at radius 3 is 2.05 bits per heavy atom. The molecule has 58 heavy (non-hydrogen) atoms. The van der Waals surface area contributed by atoms with Crippen LogP contribution in [0.3, 0.4) is 0 Å². The molecule has 0 radical (unpaired) electrons. The summed E-state index contributed by atoms with van der Waals surface area (Å²) in [7, 11) is 0. The van der Waals surface area contributed by atoms with Gasteiger partial charge in [-0.2, -0.15) is 0 Å². The Morgan fingerprint density at radius 1 is 0.534 bits per heavy atom. The third kappa shape index (κ3) is 5.34. The highest BCUT2D eigenvalue weighted by molar-refractivity contribution is 7.27. The summed E-state index contributed by atoms with van der Waals surface area (Å²) < 4.78 is 5.06. The van der Waals surface area contributed by atoms with Crippen molar-refractivity contribution < 1.29 is 0 Å². The van der Waals surface area contributed by atoms with Crippen molar-refractivity contribution in [1.29, 1.82) is 0 Å². The van der Waals surface area contributed by atoms with Crippen molar-refractivity contribution in [2.24, 2.45) is 0 Å². The average Bonchev–Trinajstić information content (AvgIpc) is 3.85. The number of aromatic nitrogens is 3. The first kappa shape index (κ1) is 33.9. The Hall–Kier alpha value is -7.40. The van der Waals surface area contributed by atoms with Gasteiger partial charge in [0.15, 0.2) is 5.82 Å². The van der Waals surface area contributed by atoms with E-state index in [1.165, 1.54) is 52.8 Å². The van der Waals surface area contributed by atoms with Crippen LogP contribution in [-0.4, -0.2) is 14.5 Å². The molecule has 0 aliphatic carbocycles. The first-order chi connectivity index (χ1) is 28.7. The van der Waals surface area contributed by atoms with Gasteiger partial charge in [-0.15, -0.1) is 11.3 Å². The van der Waals surface area contributed by atoms with Crippen molar-refractivity contribution in [3.8, 4) is 39.5 Å². The molecule has 3 aromatic heterocycles. The second-order valence-corrected chi connectivity index (χ2v) is 15.7. The molecule has 0 spiro atoms. The van der Waals surface area contributed by atoms with Crippen LogP contribution in [0.15, 0.2) is 201 Å². The van der Waals surface area contributed by atoms with Crippen LogP contribution < -0.4 is 0 Å². The number of hydrogen-bond acceptors (Lipinski definition) is 3. The first-order valence-electron chi connectivity index (χ1n) is 19.5. The molecule has 0 aliphatic rings. The van der Waals surface area contributed by atoms with Crippen molar-refractivity contribution in [3.63, 3.8) is 0 Å². The van der Waals surface area contributed by atoms with E-state index in [2.05, 4.69) is 175 Å².